The summed E-state index contributed by atoms with van der Waals surface area (Å²) in [6.45, 7) is 0. The Morgan fingerprint density at radius 1 is 1.14 bits per heavy atom. The summed E-state index contributed by atoms with van der Waals surface area (Å²) in [5.74, 6) is -0.333. The molecule has 0 heterocycles. The van der Waals surface area contributed by atoms with Gasteiger partial charge in [-0.15, -0.1) is 0 Å². The number of hydrogen-bond donors (Lipinski definition) is 3. The Labute approximate surface area is 67.3 Å². The zero-order valence-corrected chi connectivity index (χ0v) is 8.10. The minimum atomic E-state index is -0.333. The van der Waals surface area contributed by atoms with Crippen molar-refractivity contribution in [2.75, 3.05) is 0 Å². The van der Waals surface area contributed by atoms with Crippen LogP contribution in [0.4, 0.5) is 0 Å². The average molecular weight is 195 g/mol. The molecule has 0 unspecified atom stereocenters. The van der Waals surface area contributed by atoms with Gasteiger partial charge in [0.15, 0.2) is 5.96 Å². The molecule has 0 bridgehead atoms. The summed E-state index contributed by atoms with van der Waals surface area (Å²) >= 11 is 0. The standard InChI is InChI=1S/CH5N3.2ClH.Zn/c2-1(3)4;;;/h(H5,2,3,4);2*1H;/q;;;+2/p-2. The molecular formula is CH5Cl2N3Zn. The topological polar surface area (TPSA) is 75.9 Å². The molecule has 7 heavy (non-hydrogen) atoms. The van der Waals surface area contributed by atoms with E-state index in [1.54, 1.807) is 0 Å². The zero-order valence-electron chi connectivity index (χ0n) is 3.62. The number of nitrogens with two attached hydrogens (primary N) is 2. The fraction of sp³-hybridized carbons (Fsp3) is 0. The number of nitrogens with one attached hydrogen (secondary N) is 1. The molecule has 3 nitrogen and oxygen atoms in total. The van der Waals surface area contributed by atoms with Gasteiger partial charge in [0.25, 0.3) is 0 Å². The van der Waals surface area contributed by atoms with Gasteiger partial charge in [-0.25, -0.2) is 0 Å². The summed E-state index contributed by atoms with van der Waals surface area (Å²) < 4.78 is 0. The van der Waals surface area contributed by atoms with Gasteiger partial charge in [-0.05, 0) is 0 Å². The molecule has 0 amide bonds. The minimum absolute atomic E-state index is 0. The molecule has 0 atom stereocenters. The van der Waals surface area contributed by atoms with E-state index in [0.717, 1.165) is 0 Å². The van der Waals surface area contributed by atoms with Crippen molar-refractivity contribution in [1.29, 1.82) is 5.41 Å². The first-order chi connectivity index (χ1) is 1.73. The van der Waals surface area contributed by atoms with Gasteiger partial charge in [0.1, 0.15) is 0 Å². The van der Waals surface area contributed by atoms with Gasteiger partial charge in [0.05, 0.1) is 0 Å². The Morgan fingerprint density at radius 3 is 1.14 bits per heavy atom. The van der Waals surface area contributed by atoms with Crippen LogP contribution >= 0.6 is 0 Å². The molecule has 0 aromatic carbocycles. The third kappa shape index (κ3) is 578. The van der Waals surface area contributed by atoms with E-state index >= 15 is 0 Å². The summed E-state index contributed by atoms with van der Waals surface area (Å²) in [5.41, 5.74) is 8.94. The summed E-state index contributed by atoms with van der Waals surface area (Å²) in [4.78, 5) is 0. The fourth-order valence-electron chi connectivity index (χ4n) is 0. The first-order valence-corrected chi connectivity index (χ1v) is 0.827. The third-order valence-corrected chi connectivity index (χ3v) is 0. The van der Waals surface area contributed by atoms with Crippen molar-refractivity contribution in [1.82, 2.24) is 0 Å². The van der Waals surface area contributed by atoms with E-state index in [-0.39, 0.29) is 50.3 Å². The molecule has 0 aromatic heterocycles. The Kier molecular flexibility index (Phi) is 59.6. The van der Waals surface area contributed by atoms with Crippen LogP contribution < -0.4 is 36.3 Å². The second-order valence-electron chi connectivity index (χ2n) is 0.455. The maximum absolute atomic E-state index is 6.06. The number of halogens is 2. The van der Waals surface area contributed by atoms with Crippen LogP contribution in [0.15, 0.2) is 0 Å². The largest absolute Gasteiger partial charge is 2.00 e. The third-order valence-electron chi connectivity index (χ3n) is 0. The smallest absolute Gasteiger partial charge is 1.00 e. The SMILES string of the molecule is N=C(N)N.[Cl-].[Cl-].[Zn+2]. The number of guanidine groups is 1. The molecule has 6 heteroatoms. The van der Waals surface area contributed by atoms with E-state index in [1.165, 1.54) is 0 Å². The molecule has 0 rings (SSSR count). The number of hydrogen-bond acceptors (Lipinski definition) is 1. The van der Waals surface area contributed by atoms with Crippen LogP contribution in [0.5, 0.6) is 0 Å². The Morgan fingerprint density at radius 2 is 1.14 bits per heavy atom. The van der Waals surface area contributed by atoms with Gasteiger partial charge in [-0.1, -0.05) is 0 Å². The molecule has 0 spiro atoms. The Bertz CT molecular complexity index is 35.9. The van der Waals surface area contributed by atoms with Crippen molar-refractivity contribution in [3.8, 4) is 0 Å². The molecule has 0 aliphatic carbocycles. The van der Waals surface area contributed by atoms with Crippen LogP contribution in [-0.4, -0.2) is 5.96 Å². The van der Waals surface area contributed by atoms with Crippen molar-refractivity contribution >= 4 is 5.96 Å². The maximum Gasteiger partial charge on any atom is 2.00 e. The van der Waals surface area contributed by atoms with Gasteiger partial charge in [-0.3, -0.25) is 5.41 Å². The van der Waals surface area contributed by atoms with Crippen molar-refractivity contribution in [2.45, 2.75) is 0 Å². The van der Waals surface area contributed by atoms with Gasteiger partial charge >= 0.3 is 19.5 Å². The quantitative estimate of drug-likeness (QED) is 0.204. The second kappa shape index (κ2) is 16.1. The summed E-state index contributed by atoms with van der Waals surface area (Å²) in [7, 11) is 0. The first kappa shape index (κ1) is 26.0. The maximum atomic E-state index is 6.06. The molecule has 0 saturated heterocycles. The van der Waals surface area contributed by atoms with E-state index in [9.17, 15) is 0 Å². The van der Waals surface area contributed by atoms with Crippen molar-refractivity contribution in [3.05, 3.63) is 0 Å². The van der Waals surface area contributed by atoms with Crippen LogP contribution in [0.2, 0.25) is 0 Å². The predicted molar refractivity (Wildman–Crippen MR) is 16.1 cm³/mol. The molecule has 0 radical (unpaired) electrons. The zero-order chi connectivity index (χ0) is 3.58. The minimum Gasteiger partial charge on any atom is -1.00 e. The molecule has 0 fully saturated rings. The normalized spacial score (nSPS) is 3.43. The molecule has 0 saturated carbocycles. The molecule has 5 N–H and O–H groups in total. The summed E-state index contributed by atoms with van der Waals surface area (Å²) in [5, 5.41) is 6.06. The van der Waals surface area contributed by atoms with Crippen LogP contribution in [0.25, 0.3) is 0 Å². The van der Waals surface area contributed by atoms with Crippen molar-refractivity contribution < 1.29 is 44.3 Å². The molecule has 40 valence electrons. The average Bonchev–Trinajstić information content (AvgIpc) is 0.811. The van der Waals surface area contributed by atoms with Crippen molar-refractivity contribution in [2.24, 2.45) is 11.5 Å². The van der Waals surface area contributed by atoms with E-state index < -0.39 is 0 Å². The van der Waals surface area contributed by atoms with E-state index in [4.69, 9.17) is 5.41 Å². The first-order valence-electron chi connectivity index (χ1n) is 0.827. The molecule has 0 aliphatic heterocycles. The van der Waals surface area contributed by atoms with Crippen LogP contribution in [0, 0.1) is 5.41 Å². The second-order valence-corrected chi connectivity index (χ2v) is 0.455. The Hall–Kier alpha value is 0.473. The van der Waals surface area contributed by atoms with Gasteiger partial charge in [0.2, 0.25) is 0 Å². The number of rotatable bonds is 0. The van der Waals surface area contributed by atoms with Crippen LogP contribution in [-0.2, 0) is 19.5 Å². The van der Waals surface area contributed by atoms with Gasteiger partial charge in [0, 0.05) is 0 Å². The van der Waals surface area contributed by atoms with E-state index in [2.05, 4.69) is 11.5 Å². The predicted octanol–water partition coefficient (Wildman–Crippen LogP) is -7.16. The summed E-state index contributed by atoms with van der Waals surface area (Å²) in [6, 6.07) is 0. The van der Waals surface area contributed by atoms with Crippen LogP contribution in [0.3, 0.4) is 0 Å². The monoisotopic (exact) mass is 193 g/mol. The van der Waals surface area contributed by atoms with Crippen LogP contribution in [0.1, 0.15) is 0 Å². The summed E-state index contributed by atoms with van der Waals surface area (Å²) in [6.07, 6.45) is 0. The molecule has 0 aromatic rings. The molecular weight excluding hydrogens is 190 g/mol. The molecule has 0 aliphatic rings. The van der Waals surface area contributed by atoms with Gasteiger partial charge < -0.3 is 36.3 Å². The van der Waals surface area contributed by atoms with Gasteiger partial charge in [-0.2, -0.15) is 0 Å². The van der Waals surface area contributed by atoms with E-state index in [0.29, 0.717) is 0 Å². The Balaban J connectivity index is -0.0000000150. The van der Waals surface area contributed by atoms with Crippen molar-refractivity contribution in [3.63, 3.8) is 0 Å². The fourth-order valence-corrected chi connectivity index (χ4v) is 0. The van der Waals surface area contributed by atoms with E-state index in [1.807, 2.05) is 0 Å².